The Balaban J connectivity index is 1.53. The number of carbonyl (C=O) groups is 1. The molecule has 3 aromatic rings. The Labute approximate surface area is 194 Å². The molecule has 0 N–H and O–H groups in total. The fourth-order valence-electron chi connectivity index (χ4n) is 3.43. The molecule has 4 rings (SSSR count). The third kappa shape index (κ3) is 5.32. The molecule has 0 radical (unpaired) electrons. The highest BCUT2D eigenvalue weighted by atomic mass is 16.6. The summed E-state index contributed by atoms with van der Waals surface area (Å²) in [5.41, 5.74) is 4.09. The molecule has 5 heteroatoms. The Hall–Kier alpha value is -3.86. The Bertz CT molecular complexity index is 1200. The van der Waals surface area contributed by atoms with E-state index in [1.807, 2.05) is 72.8 Å². The van der Waals surface area contributed by atoms with E-state index in [1.54, 1.807) is 13.2 Å². The summed E-state index contributed by atoms with van der Waals surface area (Å²) in [6, 6.07) is 23.3. The van der Waals surface area contributed by atoms with E-state index in [1.165, 1.54) is 5.56 Å². The number of hydrogen-bond donors (Lipinski definition) is 0. The van der Waals surface area contributed by atoms with Crippen LogP contribution in [0.3, 0.4) is 0 Å². The topological polar surface area (TPSA) is 57.1 Å². The summed E-state index contributed by atoms with van der Waals surface area (Å²) in [5.74, 6) is 1.03. The molecule has 3 aromatic carbocycles. The first-order chi connectivity index (χ1) is 15.8. The molecule has 0 saturated carbocycles. The van der Waals surface area contributed by atoms with E-state index in [0.29, 0.717) is 24.0 Å². The molecule has 1 aliphatic heterocycles. The van der Waals surface area contributed by atoms with Crippen LogP contribution in [0, 0.1) is 0 Å². The normalized spacial score (nSPS) is 14.7. The molecule has 0 aliphatic carbocycles. The third-order valence-corrected chi connectivity index (χ3v) is 5.35. The van der Waals surface area contributed by atoms with Crippen molar-refractivity contribution in [2.45, 2.75) is 32.8 Å². The Morgan fingerprint density at radius 3 is 2.33 bits per heavy atom. The number of rotatable bonds is 6. The lowest BCUT2D eigenvalue weighted by molar-refractivity contribution is -0.129. The summed E-state index contributed by atoms with van der Waals surface area (Å²) in [7, 11) is 1.59. The zero-order chi connectivity index (χ0) is 23.4. The first-order valence-electron chi connectivity index (χ1n) is 10.8. The lowest BCUT2D eigenvalue weighted by Crippen LogP contribution is -2.11. The number of methoxy groups -OCH3 is 1. The van der Waals surface area contributed by atoms with Crippen LogP contribution < -0.4 is 9.47 Å². The quantitative estimate of drug-likeness (QED) is 0.352. The van der Waals surface area contributed by atoms with Gasteiger partial charge in [-0.3, -0.25) is 0 Å². The Morgan fingerprint density at radius 2 is 1.67 bits per heavy atom. The lowest BCUT2D eigenvalue weighted by atomic mass is 9.87. The van der Waals surface area contributed by atoms with Crippen LogP contribution in [0.25, 0.3) is 6.08 Å². The molecule has 5 nitrogen and oxygen atoms in total. The molecule has 0 fully saturated rings. The summed E-state index contributed by atoms with van der Waals surface area (Å²) < 4.78 is 16.8. The number of hydrogen-bond acceptors (Lipinski definition) is 5. The van der Waals surface area contributed by atoms with Crippen molar-refractivity contribution in [3.63, 3.8) is 0 Å². The van der Waals surface area contributed by atoms with Crippen molar-refractivity contribution in [2.24, 2.45) is 4.99 Å². The van der Waals surface area contributed by atoms with E-state index >= 15 is 0 Å². The van der Waals surface area contributed by atoms with Crippen LogP contribution in [-0.2, 0) is 21.6 Å². The van der Waals surface area contributed by atoms with Gasteiger partial charge in [0.25, 0.3) is 0 Å². The number of benzene rings is 3. The van der Waals surface area contributed by atoms with E-state index < -0.39 is 5.97 Å². The van der Waals surface area contributed by atoms with Crippen molar-refractivity contribution in [1.82, 2.24) is 0 Å². The fraction of sp³-hybridized carbons (Fsp3) is 0.214. The molecule has 33 heavy (non-hydrogen) atoms. The summed E-state index contributed by atoms with van der Waals surface area (Å²) in [4.78, 5) is 16.8. The van der Waals surface area contributed by atoms with Crippen LogP contribution in [0.2, 0.25) is 0 Å². The van der Waals surface area contributed by atoms with E-state index in [-0.39, 0.29) is 11.1 Å². The van der Waals surface area contributed by atoms with Gasteiger partial charge in [0.05, 0.1) is 7.11 Å². The second-order valence-corrected chi connectivity index (χ2v) is 8.85. The average Bonchev–Trinajstić information content (AvgIpc) is 3.18. The molecule has 0 amide bonds. The number of carbonyl (C=O) groups excluding carboxylic acids is 1. The molecule has 1 aliphatic rings. The maximum absolute atomic E-state index is 12.4. The lowest BCUT2D eigenvalue weighted by Gasteiger charge is -2.18. The minimum Gasteiger partial charge on any atom is -0.493 e. The van der Waals surface area contributed by atoms with E-state index in [4.69, 9.17) is 14.2 Å². The van der Waals surface area contributed by atoms with Crippen molar-refractivity contribution in [3.8, 4) is 11.5 Å². The average molecular weight is 442 g/mol. The van der Waals surface area contributed by atoms with Crippen molar-refractivity contribution >= 4 is 17.9 Å². The first kappa shape index (κ1) is 22.3. The predicted octanol–water partition coefficient (Wildman–Crippen LogP) is 5.92. The third-order valence-electron chi connectivity index (χ3n) is 5.35. The maximum atomic E-state index is 12.4. The Morgan fingerprint density at radius 1 is 0.939 bits per heavy atom. The van der Waals surface area contributed by atoms with Gasteiger partial charge < -0.3 is 14.2 Å². The second kappa shape index (κ2) is 9.33. The van der Waals surface area contributed by atoms with Crippen LogP contribution in [0.4, 0.5) is 0 Å². The second-order valence-electron chi connectivity index (χ2n) is 8.85. The molecule has 0 saturated heterocycles. The van der Waals surface area contributed by atoms with E-state index in [0.717, 1.165) is 16.7 Å². The smallest absolute Gasteiger partial charge is 0.363 e. The van der Waals surface area contributed by atoms with Crippen LogP contribution in [-0.4, -0.2) is 19.0 Å². The minimum absolute atomic E-state index is 0.0494. The molecule has 0 bridgehead atoms. The van der Waals surface area contributed by atoms with Crippen LogP contribution in [0.5, 0.6) is 11.5 Å². The van der Waals surface area contributed by atoms with Crippen LogP contribution in [0.1, 0.15) is 43.0 Å². The van der Waals surface area contributed by atoms with Gasteiger partial charge in [0, 0.05) is 5.56 Å². The van der Waals surface area contributed by atoms with Crippen LogP contribution >= 0.6 is 0 Å². The predicted molar refractivity (Wildman–Crippen MR) is 130 cm³/mol. The first-order valence-corrected chi connectivity index (χ1v) is 10.8. The largest absolute Gasteiger partial charge is 0.493 e. The fourth-order valence-corrected chi connectivity index (χ4v) is 3.43. The molecular formula is C28H27NO4. The SMILES string of the molecule is COc1cc(/C=C2\N=C(c3ccc(C(C)(C)C)cc3)OC2=O)ccc1OCc1ccccc1. The number of cyclic esters (lactones) is 1. The van der Waals surface area contributed by atoms with Crippen molar-refractivity contribution in [2.75, 3.05) is 7.11 Å². The number of nitrogens with zero attached hydrogens (tertiary/aromatic N) is 1. The highest BCUT2D eigenvalue weighted by Gasteiger charge is 2.25. The van der Waals surface area contributed by atoms with Gasteiger partial charge in [0.15, 0.2) is 17.2 Å². The zero-order valence-corrected chi connectivity index (χ0v) is 19.3. The highest BCUT2D eigenvalue weighted by Crippen LogP contribution is 2.31. The van der Waals surface area contributed by atoms with Crippen LogP contribution in [0.15, 0.2) is 83.5 Å². The molecule has 0 atom stereocenters. The van der Waals surface area contributed by atoms with Gasteiger partial charge in [-0.15, -0.1) is 0 Å². The standard InChI is InChI=1S/C28H27NO4/c1-28(2,3)22-13-11-21(12-14-22)26-29-23(27(30)33-26)16-20-10-15-24(25(17-20)31-4)32-18-19-8-6-5-7-9-19/h5-17H,18H2,1-4H3/b23-16-. The summed E-state index contributed by atoms with van der Waals surface area (Å²) >= 11 is 0. The van der Waals surface area contributed by atoms with E-state index in [9.17, 15) is 4.79 Å². The molecule has 0 unspecified atom stereocenters. The van der Waals surface area contributed by atoms with Gasteiger partial charge >= 0.3 is 5.97 Å². The van der Waals surface area contributed by atoms with Gasteiger partial charge in [-0.05, 0) is 52.4 Å². The van der Waals surface area contributed by atoms with E-state index in [2.05, 4.69) is 25.8 Å². The van der Waals surface area contributed by atoms with Gasteiger partial charge in [-0.2, -0.15) is 0 Å². The molecule has 1 heterocycles. The molecular weight excluding hydrogens is 414 g/mol. The zero-order valence-electron chi connectivity index (χ0n) is 19.3. The van der Waals surface area contributed by atoms with Gasteiger partial charge in [-0.1, -0.05) is 69.3 Å². The number of aliphatic imine (C=N–C) groups is 1. The molecule has 0 spiro atoms. The minimum atomic E-state index is -0.478. The van der Waals surface area contributed by atoms with Gasteiger partial charge in [0.1, 0.15) is 6.61 Å². The van der Waals surface area contributed by atoms with Gasteiger partial charge in [0.2, 0.25) is 5.90 Å². The Kier molecular flexibility index (Phi) is 6.31. The highest BCUT2D eigenvalue weighted by molar-refractivity contribution is 6.12. The maximum Gasteiger partial charge on any atom is 0.363 e. The van der Waals surface area contributed by atoms with Crippen molar-refractivity contribution < 1.29 is 19.0 Å². The van der Waals surface area contributed by atoms with Gasteiger partial charge in [-0.25, -0.2) is 9.79 Å². The summed E-state index contributed by atoms with van der Waals surface area (Å²) in [5, 5.41) is 0. The van der Waals surface area contributed by atoms with Crippen molar-refractivity contribution in [3.05, 3.63) is 101 Å². The summed E-state index contributed by atoms with van der Waals surface area (Å²) in [6.45, 7) is 6.90. The molecule has 0 aromatic heterocycles. The number of ether oxygens (including phenoxy) is 3. The number of esters is 1. The molecule has 168 valence electrons. The monoisotopic (exact) mass is 441 g/mol. The van der Waals surface area contributed by atoms with Crippen molar-refractivity contribution in [1.29, 1.82) is 0 Å². The summed E-state index contributed by atoms with van der Waals surface area (Å²) in [6.07, 6.45) is 1.68.